The molecule has 0 bridgehead atoms. The largest absolute Gasteiger partial charge is 0.374 e. The summed E-state index contributed by atoms with van der Waals surface area (Å²) in [4.78, 5) is 14.3. The van der Waals surface area contributed by atoms with E-state index in [0.717, 1.165) is 32.4 Å². The summed E-state index contributed by atoms with van der Waals surface area (Å²) in [5.41, 5.74) is 3.94. The van der Waals surface area contributed by atoms with Crippen molar-refractivity contribution < 1.29 is 4.79 Å². The first-order chi connectivity index (χ1) is 9.74. The van der Waals surface area contributed by atoms with E-state index in [1.165, 1.54) is 23.2 Å². The Bertz CT molecular complexity index is 494. The van der Waals surface area contributed by atoms with E-state index in [1.54, 1.807) is 0 Å². The molecule has 2 aliphatic heterocycles. The van der Waals surface area contributed by atoms with Gasteiger partial charge in [-0.1, -0.05) is 12.1 Å². The van der Waals surface area contributed by atoms with Gasteiger partial charge in [-0.15, -0.1) is 0 Å². The second kappa shape index (κ2) is 5.83. The standard InChI is InChI=1S/C16H23N3O/c1-19-9-3-4-13-10-12(6-7-15(13)19)11-18-16(20)14-5-2-8-17-14/h6-7,10,14,17H,2-5,8-9,11H2,1H3,(H,18,20). The van der Waals surface area contributed by atoms with E-state index in [1.807, 2.05) is 0 Å². The third kappa shape index (κ3) is 2.80. The maximum Gasteiger partial charge on any atom is 0.237 e. The lowest BCUT2D eigenvalue weighted by Gasteiger charge is -2.27. The fourth-order valence-corrected chi connectivity index (χ4v) is 3.17. The molecule has 0 saturated carbocycles. The summed E-state index contributed by atoms with van der Waals surface area (Å²) in [5.74, 6) is 0.136. The lowest BCUT2D eigenvalue weighted by atomic mass is 9.99. The number of benzene rings is 1. The maximum absolute atomic E-state index is 12.0. The highest BCUT2D eigenvalue weighted by atomic mass is 16.2. The van der Waals surface area contributed by atoms with E-state index in [0.29, 0.717) is 6.54 Å². The van der Waals surface area contributed by atoms with Crippen LogP contribution in [0.1, 0.15) is 30.4 Å². The van der Waals surface area contributed by atoms with E-state index >= 15 is 0 Å². The van der Waals surface area contributed by atoms with Crippen LogP contribution in [0.4, 0.5) is 5.69 Å². The van der Waals surface area contributed by atoms with Gasteiger partial charge in [0.15, 0.2) is 0 Å². The number of carbonyl (C=O) groups is 1. The van der Waals surface area contributed by atoms with Gasteiger partial charge in [-0.05, 0) is 49.4 Å². The van der Waals surface area contributed by atoms with Gasteiger partial charge in [0.05, 0.1) is 6.04 Å². The fourth-order valence-electron chi connectivity index (χ4n) is 3.17. The lowest BCUT2D eigenvalue weighted by molar-refractivity contribution is -0.122. The molecule has 1 aromatic carbocycles. The van der Waals surface area contributed by atoms with Crippen LogP contribution in [0.15, 0.2) is 18.2 Å². The Morgan fingerprint density at radius 2 is 2.35 bits per heavy atom. The van der Waals surface area contributed by atoms with Crippen molar-refractivity contribution in [2.24, 2.45) is 0 Å². The molecular formula is C16H23N3O. The Morgan fingerprint density at radius 3 is 3.15 bits per heavy atom. The van der Waals surface area contributed by atoms with Crippen LogP contribution in [0.2, 0.25) is 0 Å². The van der Waals surface area contributed by atoms with E-state index in [-0.39, 0.29) is 11.9 Å². The molecule has 0 aliphatic carbocycles. The zero-order chi connectivity index (χ0) is 13.9. The SMILES string of the molecule is CN1CCCc2cc(CNC(=O)C3CCCN3)ccc21. The third-order valence-corrected chi connectivity index (χ3v) is 4.34. The quantitative estimate of drug-likeness (QED) is 0.876. The molecule has 0 radical (unpaired) electrons. The predicted molar refractivity (Wildman–Crippen MR) is 80.9 cm³/mol. The topological polar surface area (TPSA) is 44.4 Å². The monoisotopic (exact) mass is 273 g/mol. The molecule has 3 rings (SSSR count). The number of anilines is 1. The molecule has 0 aromatic heterocycles. The number of fused-ring (bicyclic) bond motifs is 1. The summed E-state index contributed by atoms with van der Waals surface area (Å²) in [6.45, 7) is 2.73. The van der Waals surface area contributed by atoms with Gasteiger partial charge < -0.3 is 15.5 Å². The number of nitrogens with one attached hydrogen (secondary N) is 2. The van der Waals surface area contributed by atoms with Crippen molar-refractivity contribution in [3.05, 3.63) is 29.3 Å². The summed E-state index contributed by atoms with van der Waals surface area (Å²) in [5, 5.41) is 6.27. The summed E-state index contributed by atoms with van der Waals surface area (Å²) >= 11 is 0. The molecule has 2 N–H and O–H groups in total. The van der Waals surface area contributed by atoms with E-state index in [4.69, 9.17) is 0 Å². The van der Waals surface area contributed by atoms with Crippen molar-refractivity contribution in [2.75, 3.05) is 25.0 Å². The molecular weight excluding hydrogens is 250 g/mol. The average Bonchev–Trinajstić information content (AvgIpc) is 2.99. The first kappa shape index (κ1) is 13.4. The Balaban J connectivity index is 1.62. The van der Waals surface area contributed by atoms with Gasteiger partial charge in [0.1, 0.15) is 0 Å². The van der Waals surface area contributed by atoms with Crippen molar-refractivity contribution in [1.82, 2.24) is 10.6 Å². The van der Waals surface area contributed by atoms with Gasteiger partial charge in [-0.2, -0.15) is 0 Å². The molecule has 1 fully saturated rings. The van der Waals surface area contributed by atoms with Crippen molar-refractivity contribution >= 4 is 11.6 Å². The van der Waals surface area contributed by atoms with Gasteiger partial charge in [0.2, 0.25) is 5.91 Å². The van der Waals surface area contributed by atoms with Crippen LogP contribution in [-0.4, -0.2) is 32.1 Å². The number of hydrogen-bond donors (Lipinski definition) is 2. The molecule has 4 nitrogen and oxygen atoms in total. The minimum atomic E-state index is 0.0127. The molecule has 1 aromatic rings. The Kier molecular flexibility index (Phi) is 3.92. The molecule has 108 valence electrons. The smallest absolute Gasteiger partial charge is 0.237 e. The molecule has 1 saturated heterocycles. The maximum atomic E-state index is 12.0. The van der Waals surface area contributed by atoms with Gasteiger partial charge >= 0.3 is 0 Å². The number of amides is 1. The Hall–Kier alpha value is -1.55. The summed E-state index contributed by atoms with van der Waals surface area (Å²) in [6, 6.07) is 6.57. The second-order valence-electron chi connectivity index (χ2n) is 5.85. The van der Waals surface area contributed by atoms with Crippen molar-refractivity contribution in [2.45, 2.75) is 38.3 Å². The number of carbonyl (C=O) groups excluding carboxylic acids is 1. The third-order valence-electron chi connectivity index (χ3n) is 4.34. The van der Waals surface area contributed by atoms with Gasteiger partial charge in [-0.25, -0.2) is 0 Å². The molecule has 1 atom stereocenters. The zero-order valence-corrected chi connectivity index (χ0v) is 12.1. The molecule has 0 spiro atoms. The summed E-state index contributed by atoms with van der Waals surface area (Å²) in [6.07, 6.45) is 4.42. The number of aryl methyl sites for hydroxylation is 1. The van der Waals surface area contributed by atoms with Crippen molar-refractivity contribution in [3.63, 3.8) is 0 Å². The lowest BCUT2D eigenvalue weighted by Crippen LogP contribution is -2.40. The van der Waals surface area contributed by atoms with Crippen LogP contribution in [-0.2, 0) is 17.8 Å². The molecule has 1 amide bonds. The zero-order valence-electron chi connectivity index (χ0n) is 12.1. The molecule has 1 unspecified atom stereocenters. The molecule has 20 heavy (non-hydrogen) atoms. The normalized spacial score (nSPS) is 21.6. The minimum absolute atomic E-state index is 0.0127. The van der Waals surface area contributed by atoms with Crippen LogP contribution < -0.4 is 15.5 Å². The van der Waals surface area contributed by atoms with Crippen molar-refractivity contribution in [3.8, 4) is 0 Å². The van der Waals surface area contributed by atoms with E-state index < -0.39 is 0 Å². The highest BCUT2D eigenvalue weighted by Gasteiger charge is 2.21. The molecule has 2 heterocycles. The number of nitrogens with zero attached hydrogens (tertiary/aromatic N) is 1. The van der Waals surface area contributed by atoms with E-state index in [9.17, 15) is 4.79 Å². The number of rotatable bonds is 3. The Labute approximate surface area is 120 Å². The second-order valence-corrected chi connectivity index (χ2v) is 5.85. The predicted octanol–water partition coefficient (Wildman–Crippen LogP) is 1.44. The Morgan fingerprint density at radius 1 is 1.45 bits per heavy atom. The highest BCUT2D eigenvalue weighted by Crippen LogP contribution is 2.26. The van der Waals surface area contributed by atoms with Gasteiger partial charge in [-0.3, -0.25) is 4.79 Å². The first-order valence-corrected chi connectivity index (χ1v) is 7.58. The van der Waals surface area contributed by atoms with Crippen LogP contribution in [0.3, 0.4) is 0 Å². The molecule has 2 aliphatic rings. The average molecular weight is 273 g/mol. The van der Waals surface area contributed by atoms with Gasteiger partial charge in [0.25, 0.3) is 0 Å². The molecule has 4 heteroatoms. The number of hydrogen-bond acceptors (Lipinski definition) is 3. The summed E-state index contributed by atoms with van der Waals surface area (Å²) < 4.78 is 0. The van der Waals surface area contributed by atoms with Crippen LogP contribution >= 0.6 is 0 Å². The van der Waals surface area contributed by atoms with Crippen molar-refractivity contribution in [1.29, 1.82) is 0 Å². The first-order valence-electron chi connectivity index (χ1n) is 7.58. The van der Waals surface area contributed by atoms with Crippen LogP contribution in [0.5, 0.6) is 0 Å². The van der Waals surface area contributed by atoms with Crippen LogP contribution in [0.25, 0.3) is 0 Å². The van der Waals surface area contributed by atoms with Gasteiger partial charge in [0, 0.05) is 25.8 Å². The minimum Gasteiger partial charge on any atom is -0.374 e. The highest BCUT2D eigenvalue weighted by molar-refractivity contribution is 5.82. The van der Waals surface area contributed by atoms with E-state index in [2.05, 4.69) is 40.8 Å². The van der Waals surface area contributed by atoms with Crippen LogP contribution in [0, 0.1) is 0 Å². The summed E-state index contributed by atoms with van der Waals surface area (Å²) in [7, 11) is 2.14. The fraction of sp³-hybridized carbons (Fsp3) is 0.562.